The second-order valence-electron chi connectivity index (χ2n) is 7.50. The predicted octanol–water partition coefficient (Wildman–Crippen LogP) is 3.13. The average Bonchev–Trinajstić information content (AvgIpc) is 3.02. The highest BCUT2D eigenvalue weighted by molar-refractivity contribution is 5.87. The lowest BCUT2D eigenvalue weighted by molar-refractivity contribution is -0.137. The first-order valence-electron chi connectivity index (χ1n) is 10.0. The van der Waals surface area contributed by atoms with Crippen LogP contribution in [0.15, 0.2) is 54.6 Å². The quantitative estimate of drug-likeness (QED) is 0.604. The molecule has 150 valence electrons. The molecular formula is C23H25N3O3. The summed E-state index contributed by atoms with van der Waals surface area (Å²) in [7, 11) is 0. The number of hydrogen-bond acceptors (Lipinski definition) is 2. The molecule has 2 aromatic carbocycles. The molecule has 0 spiro atoms. The topological polar surface area (TPSA) is 83.4 Å². The molecule has 1 aliphatic rings. The smallest absolute Gasteiger partial charge is 0.323 e. The van der Waals surface area contributed by atoms with Crippen LogP contribution in [0, 0.1) is 0 Å². The molecule has 0 fully saturated rings. The number of carbonyl (C=O) groups is 2. The number of fused-ring (bicyclic) bond motifs is 3. The fourth-order valence-corrected chi connectivity index (χ4v) is 4.24. The third-order valence-electron chi connectivity index (χ3n) is 5.54. The number of para-hydroxylation sites is 1. The van der Waals surface area contributed by atoms with E-state index in [4.69, 9.17) is 0 Å². The van der Waals surface area contributed by atoms with Crippen LogP contribution in [0.4, 0.5) is 4.79 Å². The highest BCUT2D eigenvalue weighted by Crippen LogP contribution is 2.32. The molecule has 0 radical (unpaired) electrons. The summed E-state index contributed by atoms with van der Waals surface area (Å²) in [6.07, 6.45) is 3.07. The summed E-state index contributed by atoms with van der Waals surface area (Å²) in [5.74, 6) is -0.841. The maximum atomic E-state index is 12.3. The van der Waals surface area contributed by atoms with Gasteiger partial charge in [0.05, 0.1) is 0 Å². The number of benzene rings is 2. The zero-order valence-electron chi connectivity index (χ0n) is 16.2. The van der Waals surface area contributed by atoms with Gasteiger partial charge in [-0.2, -0.15) is 0 Å². The van der Waals surface area contributed by atoms with Crippen LogP contribution in [0.1, 0.15) is 23.2 Å². The number of hydrogen-bond donors (Lipinski definition) is 3. The van der Waals surface area contributed by atoms with E-state index < -0.39 is 5.97 Å². The number of urea groups is 1. The molecule has 2 amide bonds. The summed E-state index contributed by atoms with van der Waals surface area (Å²) in [6, 6.07) is 17.9. The van der Waals surface area contributed by atoms with Crippen molar-refractivity contribution in [2.24, 2.45) is 0 Å². The number of nitrogens with zero attached hydrogens (tertiary/aromatic N) is 1. The molecule has 0 saturated heterocycles. The van der Waals surface area contributed by atoms with Gasteiger partial charge in [-0.25, -0.2) is 4.79 Å². The van der Waals surface area contributed by atoms with Crippen LogP contribution in [0.2, 0.25) is 0 Å². The van der Waals surface area contributed by atoms with Gasteiger partial charge in [0.1, 0.15) is 6.54 Å². The second kappa shape index (κ2) is 8.39. The van der Waals surface area contributed by atoms with Gasteiger partial charge >= 0.3 is 12.0 Å². The Morgan fingerprint density at radius 1 is 1.07 bits per heavy atom. The van der Waals surface area contributed by atoms with Gasteiger partial charge in [-0.15, -0.1) is 0 Å². The van der Waals surface area contributed by atoms with Gasteiger partial charge in [0.2, 0.25) is 0 Å². The minimum atomic E-state index is -0.841. The number of nitrogens with one attached hydrogen (secondary N) is 2. The molecule has 1 heterocycles. The standard InChI is InChI=1S/C23H25N3O3/c27-22(28)15-26-20-9-5-4-8-18(20)19-14-17(10-11-21(19)26)25-23(29)24-13-12-16-6-2-1-3-7-16/h1-9,17H,10-15H2,(H,27,28)(H2,24,25,29). The molecule has 1 aromatic heterocycles. The third kappa shape index (κ3) is 4.26. The van der Waals surface area contributed by atoms with Crippen LogP contribution in [-0.4, -0.2) is 34.3 Å². The minimum Gasteiger partial charge on any atom is -0.480 e. The zero-order chi connectivity index (χ0) is 20.2. The van der Waals surface area contributed by atoms with Crippen LogP contribution in [0.25, 0.3) is 10.9 Å². The van der Waals surface area contributed by atoms with E-state index in [1.807, 2.05) is 47.0 Å². The van der Waals surface area contributed by atoms with E-state index >= 15 is 0 Å². The summed E-state index contributed by atoms with van der Waals surface area (Å²) in [5, 5.41) is 16.4. The maximum absolute atomic E-state index is 12.3. The number of aromatic nitrogens is 1. The van der Waals surface area contributed by atoms with Crippen molar-refractivity contribution in [1.29, 1.82) is 0 Å². The molecule has 1 unspecified atom stereocenters. The molecule has 1 atom stereocenters. The lowest BCUT2D eigenvalue weighted by atomic mass is 9.91. The van der Waals surface area contributed by atoms with Crippen LogP contribution in [0.5, 0.6) is 0 Å². The summed E-state index contributed by atoms with van der Waals surface area (Å²) in [4.78, 5) is 23.6. The molecule has 3 N–H and O–H groups in total. The third-order valence-corrected chi connectivity index (χ3v) is 5.54. The van der Waals surface area contributed by atoms with Crippen molar-refractivity contribution in [1.82, 2.24) is 15.2 Å². The van der Waals surface area contributed by atoms with Crippen molar-refractivity contribution in [3.8, 4) is 0 Å². The molecule has 0 aliphatic heterocycles. The van der Waals surface area contributed by atoms with Crippen LogP contribution < -0.4 is 10.6 Å². The molecule has 0 saturated carbocycles. The summed E-state index contributed by atoms with van der Waals surface area (Å²) in [6.45, 7) is 0.555. The first kappa shape index (κ1) is 19.1. The number of carboxylic acid groups (broad SMARTS) is 1. The van der Waals surface area contributed by atoms with Crippen molar-refractivity contribution < 1.29 is 14.7 Å². The Kier molecular flexibility index (Phi) is 5.51. The molecule has 29 heavy (non-hydrogen) atoms. The number of carbonyl (C=O) groups excluding carboxylic acids is 1. The van der Waals surface area contributed by atoms with Crippen LogP contribution in [0.3, 0.4) is 0 Å². The average molecular weight is 391 g/mol. The molecule has 4 rings (SSSR count). The summed E-state index contributed by atoms with van der Waals surface area (Å²) >= 11 is 0. The Labute approximate surface area is 169 Å². The van der Waals surface area contributed by atoms with Gasteiger partial charge in [0, 0.05) is 29.2 Å². The largest absolute Gasteiger partial charge is 0.480 e. The molecule has 1 aliphatic carbocycles. The highest BCUT2D eigenvalue weighted by atomic mass is 16.4. The van der Waals surface area contributed by atoms with Gasteiger partial charge < -0.3 is 20.3 Å². The van der Waals surface area contributed by atoms with Crippen molar-refractivity contribution in [3.63, 3.8) is 0 Å². The van der Waals surface area contributed by atoms with E-state index in [1.54, 1.807) is 0 Å². The molecule has 3 aromatic rings. The van der Waals surface area contributed by atoms with E-state index in [0.29, 0.717) is 13.0 Å². The van der Waals surface area contributed by atoms with Crippen LogP contribution >= 0.6 is 0 Å². The fraction of sp³-hybridized carbons (Fsp3) is 0.304. The van der Waals surface area contributed by atoms with Crippen LogP contribution in [-0.2, 0) is 30.6 Å². The summed E-state index contributed by atoms with van der Waals surface area (Å²) in [5.41, 5.74) is 4.38. The molecular weight excluding hydrogens is 366 g/mol. The second-order valence-corrected chi connectivity index (χ2v) is 7.50. The minimum absolute atomic E-state index is 0.0338. The van der Waals surface area contributed by atoms with Crippen molar-refractivity contribution in [3.05, 3.63) is 71.4 Å². The Hall–Kier alpha value is -3.28. The monoisotopic (exact) mass is 391 g/mol. The van der Waals surface area contributed by atoms with E-state index in [2.05, 4.69) is 22.8 Å². The van der Waals surface area contributed by atoms with E-state index in [0.717, 1.165) is 41.4 Å². The van der Waals surface area contributed by atoms with Gasteiger partial charge in [0.25, 0.3) is 0 Å². The zero-order valence-corrected chi connectivity index (χ0v) is 16.2. The van der Waals surface area contributed by atoms with E-state index in [-0.39, 0.29) is 18.6 Å². The summed E-state index contributed by atoms with van der Waals surface area (Å²) < 4.78 is 1.91. The van der Waals surface area contributed by atoms with Crippen molar-refractivity contribution in [2.75, 3.05) is 6.54 Å². The molecule has 0 bridgehead atoms. The van der Waals surface area contributed by atoms with Gasteiger partial charge in [-0.1, -0.05) is 48.5 Å². The Morgan fingerprint density at radius 3 is 2.62 bits per heavy atom. The lowest BCUT2D eigenvalue weighted by Gasteiger charge is -2.25. The Bertz CT molecular complexity index is 1030. The van der Waals surface area contributed by atoms with Gasteiger partial charge in [-0.3, -0.25) is 4.79 Å². The number of rotatable bonds is 6. The first-order valence-corrected chi connectivity index (χ1v) is 10.0. The van der Waals surface area contributed by atoms with E-state index in [9.17, 15) is 14.7 Å². The number of carboxylic acids is 1. The number of amides is 2. The van der Waals surface area contributed by atoms with Gasteiger partial charge in [0.15, 0.2) is 0 Å². The molecule has 6 nitrogen and oxygen atoms in total. The fourth-order valence-electron chi connectivity index (χ4n) is 4.24. The van der Waals surface area contributed by atoms with E-state index in [1.165, 1.54) is 5.56 Å². The normalized spacial score (nSPS) is 15.7. The highest BCUT2D eigenvalue weighted by Gasteiger charge is 2.26. The lowest BCUT2D eigenvalue weighted by Crippen LogP contribution is -2.45. The Morgan fingerprint density at radius 2 is 1.83 bits per heavy atom. The first-order chi connectivity index (χ1) is 14.1. The van der Waals surface area contributed by atoms with Gasteiger partial charge in [-0.05, 0) is 42.9 Å². The predicted molar refractivity (Wildman–Crippen MR) is 112 cm³/mol. The van der Waals surface area contributed by atoms with Crippen molar-refractivity contribution in [2.45, 2.75) is 38.3 Å². The Balaban J connectivity index is 1.41. The van der Waals surface area contributed by atoms with Crippen molar-refractivity contribution >= 4 is 22.9 Å². The SMILES string of the molecule is O=C(O)Cn1c2c(c3ccccc31)CC(NC(=O)NCCc1ccccc1)CC2. The molecule has 6 heteroatoms. The number of aliphatic carboxylic acids is 1. The maximum Gasteiger partial charge on any atom is 0.323 e.